The van der Waals surface area contributed by atoms with Crippen LogP contribution in [0.2, 0.25) is 0 Å². The number of halogens is 3. The summed E-state index contributed by atoms with van der Waals surface area (Å²) >= 11 is -1.31. The molecule has 2 N–H and O–H groups in total. The van der Waals surface area contributed by atoms with Crippen LogP contribution in [0.15, 0.2) is 30.5 Å². The molecule has 2 aliphatic rings. The van der Waals surface area contributed by atoms with E-state index in [9.17, 15) is 27.3 Å². The van der Waals surface area contributed by atoms with Crippen molar-refractivity contribution in [2.75, 3.05) is 56.8 Å². The number of hydrogen-bond donors (Lipinski definition) is 2. The minimum atomic E-state index is -4.45. The average molecular weight is 557 g/mol. The van der Waals surface area contributed by atoms with E-state index in [0.29, 0.717) is 70.0 Å². The molecule has 208 valence electrons. The Kier molecular flexibility index (Phi) is 8.85. The zero-order chi connectivity index (χ0) is 27.4. The second kappa shape index (κ2) is 11.9. The van der Waals surface area contributed by atoms with Crippen molar-refractivity contribution in [1.82, 2.24) is 24.5 Å². The molecule has 0 bridgehead atoms. The van der Waals surface area contributed by atoms with E-state index >= 15 is 0 Å². The lowest BCUT2D eigenvalue weighted by atomic mass is 9.85. The summed E-state index contributed by atoms with van der Waals surface area (Å²) in [6, 6.07) is 5.18. The fraction of sp³-hybridized carbons (Fsp3) is 0.542. The van der Waals surface area contributed by atoms with Gasteiger partial charge in [-0.3, -0.25) is 14.6 Å². The van der Waals surface area contributed by atoms with Gasteiger partial charge in [0.2, 0.25) is 0 Å². The van der Waals surface area contributed by atoms with Crippen molar-refractivity contribution in [1.29, 1.82) is 0 Å². The molecule has 1 unspecified atom stereocenters. The van der Waals surface area contributed by atoms with Gasteiger partial charge in [0.1, 0.15) is 6.26 Å². The molecule has 1 aromatic heterocycles. The molecule has 0 radical (unpaired) electrons. The van der Waals surface area contributed by atoms with Crippen LogP contribution in [0.3, 0.4) is 0 Å². The largest absolute Gasteiger partial charge is 0.593 e. The normalized spacial score (nSPS) is 18.9. The minimum Gasteiger partial charge on any atom is -0.593 e. The maximum atomic E-state index is 13.5. The first-order chi connectivity index (χ1) is 18.0. The van der Waals surface area contributed by atoms with Crippen molar-refractivity contribution < 1.29 is 32.4 Å². The Morgan fingerprint density at radius 1 is 1.11 bits per heavy atom. The number of aliphatic carboxylic acids is 1. The number of aromatic nitrogens is 2. The molecule has 14 heteroatoms. The number of benzene rings is 1. The van der Waals surface area contributed by atoms with Crippen LogP contribution in [0.1, 0.15) is 35.4 Å². The van der Waals surface area contributed by atoms with Gasteiger partial charge in [0.15, 0.2) is 5.82 Å². The highest BCUT2D eigenvalue weighted by molar-refractivity contribution is 7.92. The second-order valence-corrected chi connectivity index (χ2v) is 10.7. The van der Waals surface area contributed by atoms with Crippen molar-refractivity contribution in [3.8, 4) is 0 Å². The van der Waals surface area contributed by atoms with E-state index in [0.717, 1.165) is 11.6 Å². The van der Waals surface area contributed by atoms with Crippen molar-refractivity contribution in [2.45, 2.75) is 31.5 Å². The third-order valence-corrected chi connectivity index (χ3v) is 7.43. The van der Waals surface area contributed by atoms with E-state index in [1.165, 1.54) is 23.2 Å². The van der Waals surface area contributed by atoms with Gasteiger partial charge in [0.05, 0.1) is 23.5 Å². The summed E-state index contributed by atoms with van der Waals surface area (Å²) < 4.78 is 55.6. The van der Waals surface area contributed by atoms with Gasteiger partial charge in [0.25, 0.3) is 0 Å². The summed E-state index contributed by atoms with van der Waals surface area (Å²) in [6.07, 6.45) is -0.297. The summed E-state index contributed by atoms with van der Waals surface area (Å²) in [5, 5.41) is 13.1. The summed E-state index contributed by atoms with van der Waals surface area (Å²) in [5.41, 5.74) is 0.808. The van der Waals surface area contributed by atoms with E-state index in [1.54, 1.807) is 17.0 Å². The average Bonchev–Trinajstić information content (AvgIpc) is 3.31. The molecule has 2 aliphatic heterocycles. The maximum absolute atomic E-state index is 13.5. The Morgan fingerprint density at radius 2 is 1.79 bits per heavy atom. The molecule has 2 fully saturated rings. The minimum absolute atomic E-state index is 0.0698. The van der Waals surface area contributed by atoms with Gasteiger partial charge in [-0.2, -0.15) is 22.6 Å². The molecule has 1 aromatic carbocycles. The van der Waals surface area contributed by atoms with Crippen LogP contribution in [0.4, 0.5) is 23.8 Å². The van der Waals surface area contributed by atoms with Crippen LogP contribution in [0, 0.1) is 0 Å². The predicted molar refractivity (Wildman–Crippen MR) is 135 cm³/mol. The fourth-order valence-corrected chi connectivity index (χ4v) is 5.41. The summed E-state index contributed by atoms with van der Waals surface area (Å²) in [7, 11) is 0. The van der Waals surface area contributed by atoms with Gasteiger partial charge in [0, 0.05) is 45.0 Å². The van der Waals surface area contributed by atoms with E-state index in [1.807, 2.05) is 4.90 Å². The van der Waals surface area contributed by atoms with Gasteiger partial charge in [-0.05, 0) is 55.1 Å². The predicted octanol–water partition coefficient (Wildman–Crippen LogP) is 2.66. The molecule has 10 nitrogen and oxygen atoms in total. The number of likely N-dealkylation sites (tertiary alicyclic amines) is 1. The number of nitrogens with zero attached hydrogens (tertiary/aromatic N) is 5. The van der Waals surface area contributed by atoms with Crippen LogP contribution < -0.4 is 4.72 Å². The lowest BCUT2D eigenvalue weighted by Crippen LogP contribution is -2.49. The summed E-state index contributed by atoms with van der Waals surface area (Å²) in [6.45, 7) is 3.40. The maximum Gasteiger partial charge on any atom is 0.416 e. The summed E-state index contributed by atoms with van der Waals surface area (Å²) in [4.78, 5) is 29.4. The molecule has 4 rings (SSSR count). The molecule has 38 heavy (non-hydrogen) atoms. The molecule has 2 saturated heterocycles. The highest BCUT2D eigenvalue weighted by atomic mass is 32.2. The zero-order valence-corrected chi connectivity index (χ0v) is 21.8. The number of amides is 1. The first-order valence-corrected chi connectivity index (χ1v) is 13.9. The standard InChI is InChI=1S/C24H31F3N6O4S/c1-38(37)29-21-6-9-33(28-21)23(36)32-12-10-31(11-13-32)15-18-2-3-19(24(25,26)27)14-20(18)17-4-7-30(8-5-17)16-22(34)35/h2-3,6,9,14,17H,4-5,7-8,10-13,15-16H2,1H3,(H,28,29)(H,34,35). The quantitative estimate of drug-likeness (QED) is 0.500. The molecule has 1 amide bonds. The van der Waals surface area contributed by atoms with Crippen LogP contribution in [0.25, 0.3) is 0 Å². The van der Waals surface area contributed by atoms with Crippen molar-refractivity contribution in [3.63, 3.8) is 0 Å². The monoisotopic (exact) mass is 556 g/mol. The molecular weight excluding hydrogens is 525 g/mol. The lowest BCUT2D eigenvalue weighted by Gasteiger charge is -2.36. The molecule has 0 aliphatic carbocycles. The highest BCUT2D eigenvalue weighted by Gasteiger charge is 2.33. The Hall–Kier alpha value is -2.81. The van der Waals surface area contributed by atoms with Crippen LogP contribution >= 0.6 is 0 Å². The second-order valence-electron chi connectivity index (χ2n) is 9.60. The van der Waals surface area contributed by atoms with Crippen LogP contribution in [-0.4, -0.2) is 98.2 Å². The number of hydrogen-bond acceptors (Lipinski definition) is 7. The van der Waals surface area contributed by atoms with E-state index in [-0.39, 0.29) is 18.5 Å². The van der Waals surface area contributed by atoms with Crippen LogP contribution in [-0.2, 0) is 28.9 Å². The third kappa shape index (κ3) is 7.18. The first kappa shape index (κ1) is 28.2. The van der Waals surface area contributed by atoms with Gasteiger partial charge in [-0.25, -0.2) is 4.79 Å². The topological polar surface area (TPSA) is 117 Å². The number of piperidine rings is 1. The molecule has 3 heterocycles. The Balaban J connectivity index is 1.40. The van der Waals surface area contributed by atoms with E-state index in [2.05, 4.69) is 14.7 Å². The SMILES string of the molecule is C[S+]([O-])Nc1ccn(C(=O)N2CCN(Cc3ccc(C(F)(F)F)cc3C3CCN(CC(=O)O)CC3)CC2)n1. The molecule has 0 saturated carbocycles. The highest BCUT2D eigenvalue weighted by Crippen LogP contribution is 2.36. The first-order valence-electron chi connectivity index (χ1n) is 12.3. The number of carbonyl (C=O) groups excluding carboxylic acids is 1. The number of carbonyl (C=O) groups is 2. The number of alkyl halides is 3. The van der Waals surface area contributed by atoms with Gasteiger partial charge < -0.3 is 14.6 Å². The fourth-order valence-electron chi connectivity index (χ4n) is 5.00. The number of rotatable bonds is 7. The Labute approximate surface area is 221 Å². The number of nitrogens with one attached hydrogen (secondary N) is 1. The van der Waals surface area contributed by atoms with Gasteiger partial charge in [-0.15, -0.1) is 5.10 Å². The number of anilines is 1. The van der Waals surface area contributed by atoms with Gasteiger partial charge >= 0.3 is 18.2 Å². The number of piperazine rings is 1. The smallest absolute Gasteiger partial charge is 0.416 e. The molecule has 1 atom stereocenters. The number of carboxylic acids is 1. The zero-order valence-electron chi connectivity index (χ0n) is 21.0. The van der Waals surface area contributed by atoms with Gasteiger partial charge in [-0.1, -0.05) is 6.07 Å². The molecule has 0 spiro atoms. The molecular formula is C24H31F3N6O4S. The van der Waals surface area contributed by atoms with Crippen molar-refractivity contribution in [3.05, 3.63) is 47.2 Å². The number of carboxylic acid groups (broad SMARTS) is 1. The van der Waals surface area contributed by atoms with Crippen molar-refractivity contribution in [2.24, 2.45) is 0 Å². The van der Waals surface area contributed by atoms with E-state index < -0.39 is 29.1 Å². The van der Waals surface area contributed by atoms with Crippen molar-refractivity contribution >= 4 is 29.2 Å². The van der Waals surface area contributed by atoms with E-state index in [4.69, 9.17) is 5.11 Å². The third-order valence-electron chi connectivity index (χ3n) is 6.93. The lowest BCUT2D eigenvalue weighted by molar-refractivity contribution is -0.139. The molecule has 2 aromatic rings. The Bertz CT molecular complexity index is 1130. The Morgan fingerprint density at radius 3 is 2.39 bits per heavy atom. The van der Waals surface area contributed by atoms with Crippen LogP contribution in [0.5, 0.6) is 0 Å². The summed E-state index contributed by atoms with van der Waals surface area (Å²) in [5.74, 6) is -0.662.